The van der Waals surface area contributed by atoms with E-state index in [1.807, 2.05) is 29.2 Å². The van der Waals surface area contributed by atoms with Crippen LogP contribution < -0.4 is 4.74 Å². The Morgan fingerprint density at radius 2 is 1.56 bits per heavy atom. The van der Waals surface area contributed by atoms with Crippen molar-refractivity contribution in [2.24, 2.45) is 0 Å². The molecule has 0 unspecified atom stereocenters. The second-order valence-electron chi connectivity index (χ2n) is 9.03. The van der Waals surface area contributed by atoms with Gasteiger partial charge in [-0.15, -0.1) is 0 Å². The summed E-state index contributed by atoms with van der Waals surface area (Å²) in [7, 11) is 0. The van der Waals surface area contributed by atoms with E-state index in [-0.39, 0.29) is 18.1 Å². The van der Waals surface area contributed by atoms with E-state index in [2.05, 4.69) is 65.6 Å². The minimum absolute atomic E-state index is 0.0678. The van der Waals surface area contributed by atoms with Gasteiger partial charge in [-0.1, -0.05) is 66.7 Å². The minimum Gasteiger partial charge on any atom is -0.491 e. The number of amides is 1. The lowest BCUT2D eigenvalue weighted by atomic mass is 9.96. The fraction of sp³-hybridized carbons (Fsp3) is 0.345. The number of nitrogens with zero attached hydrogens (tertiary/aromatic N) is 2. The molecule has 0 saturated carbocycles. The first-order chi connectivity index (χ1) is 16.8. The van der Waals surface area contributed by atoms with Gasteiger partial charge in [-0.2, -0.15) is 0 Å². The summed E-state index contributed by atoms with van der Waals surface area (Å²) in [5, 5.41) is 0. The van der Waals surface area contributed by atoms with Gasteiger partial charge >= 0.3 is 0 Å². The maximum absolute atomic E-state index is 13.3. The van der Waals surface area contributed by atoms with Crippen LogP contribution in [-0.2, 0) is 4.74 Å². The fourth-order valence-electron chi connectivity index (χ4n) is 4.93. The maximum atomic E-state index is 13.3. The average Bonchev–Trinajstić information content (AvgIpc) is 3.43. The summed E-state index contributed by atoms with van der Waals surface area (Å²) in [5.74, 6) is 0.798. The molecule has 2 aliphatic rings. The zero-order valence-corrected chi connectivity index (χ0v) is 19.5. The predicted molar refractivity (Wildman–Crippen MR) is 133 cm³/mol. The molecule has 0 radical (unpaired) electrons. The van der Waals surface area contributed by atoms with Crippen molar-refractivity contribution in [3.63, 3.8) is 0 Å². The molecule has 5 rings (SSSR count). The Bertz CT molecular complexity index is 1020. The Balaban J connectivity index is 1.23. The van der Waals surface area contributed by atoms with Crippen LogP contribution in [0, 0.1) is 0 Å². The molecule has 176 valence electrons. The predicted octanol–water partition coefficient (Wildman–Crippen LogP) is 4.79. The second kappa shape index (κ2) is 10.9. The van der Waals surface area contributed by atoms with Crippen LogP contribution in [0.4, 0.5) is 0 Å². The molecule has 34 heavy (non-hydrogen) atoms. The molecule has 5 heteroatoms. The molecule has 0 N–H and O–H groups in total. The lowest BCUT2D eigenvalue weighted by Crippen LogP contribution is -2.49. The molecule has 1 amide bonds. The van der Waals surface area contributed by atoms with Crippen LogP contribution in [0.15, 0.2) is 84.9 Å². The van der Waals surface area contributed by atoms with Crippen molar-refractivity contribution in [3.8, 4) is 5.75 Å². The van der Waals surface area contributed by atoms with Crippen LogP contribution in [0.2, 0.25) is 0 Å². The zero-order chi connectivity index (χ0) is 23.2. The van der Waals surface area contributed by atoms with E-state index in [4.69, 9.17) is 9.47 Å². The van der Waals surface area contributed by atoms with Crippen molar-refractivity contribution in [1.29, 1.82) is 0 Å². The van der Waals surface area contributed by atoms with Crippen LogP contribution >= 0.6 is 0 Å². The highest BCUT2D eigenvalue weighted by Crippen LogP contribution is 2.29. The van der Waals surface area contributed by atoms with Gasteiger partial charge in [0.2, 0.25) is 0 Å². The van der Waals surface area contributed by atoms with Gasteiger partial charge < -0.3 is 14.4 Å². The molecule has 2 fully saturated rings. The molecule has 2 saturated heterocycles. The van der Waals surface area contributed by atoms with Crippen LogP contribution in [-0.4, -0.2) is 61.2 Å². The summed E-state index contributed by atoms with van der Waals surface area (Å²) in [4.78, 5) is 17.7. The molecule has 5 nitrogen and oxygen atoms in total. The number of carbonyl (C=O) groups excluding carboxylic acids is 1. The van der Waals surface area contributed by atoms with Crippen molar-refractivity contribution in [2.45, 2.75) is 25.0 Å². The van der Waals surface area contributed by atoms with Crippen molar-refractivity contribution in [2.75, 3.05) is 39.4 Å². The maximum Gasteiger partial charge on any atom is 0.254 e. The largest absolute Gasteiger partial charge is 0.491 e. The number of piperazine rings is 1. The molecule has 3 aromatic rings. The molecular weight excluding hydrogens is 424 g/mol. The van der Waals surface area contributed by atoms with Gasteiger partial charge in [-0.25, -0.2) is 0 Å². The quantitative estimate of drug-likeness (QED) is 0.513. The molecule has 0 spiro atoms. The third kappa shape index (κ3) is 5.32. The second-order valence-corrected chi connectivity index (χ2v) is 9.03. The number of rotatable bonds is 7. The smallest absolute Gasteiger partial charge is 0.254 e. The van der Waals surface area contributed by atoms with Gasteiger partial charge in [0.15, 0.2) is 0 Å². The molecule has 0 aromatic heterocycles. The number of ether oxygens (including phenoxy) is 2. The third-order valence-electron chi connectivity index (χ3n) is 6.74. The van der Waals surface area contributed by atoms with Crippen LogP contribution in [0.1, 0.15) is 40.4 Å². The number of hydrogen-bond donors (Lipinski definition) is 0. The topological polar surface area (TPSA) is 42.0 Å². The summed E-state index contributed by atoms with van der Waals surface area (Å²) >= 11 is 0. The number of hydrogen-bond acceptors (Lipinski definition) is 4. The number of carbonyl (C=O) groups is 1. The van der Waals surface area contributed by atoms with Crippen molar-refractivity contribution in [3.05, 3.63) is 102 Å². The third-order valence-corrected chi connectivity index (χ3v) is 6.74. The molecular formula is C29H32N2O3. The SMILES string of the molecule is O=C(c1cccc(OC[C@@H]2CCCO2)c1)N1CCN(C(c2ccccc2)c2ccccc2)CC1. The van der Waals surface area contributed by atoms with Crippen LogP contribution in [0.3, 0.4) is 0 Å². The van der Waals surface area contributed by atoms with Gasteiger partial charge in [-0.05, 0) is 42.2 Å². The first-order valence-electron chi connectivity index (χ1n) is 12.3. The van der Waals surface area contributed by atoms with Gasteiger partial charge in [0, 0.05) is 38.3 Å². The van der Waals surface area contributed by atoms with E-state index in [9.17, 15) is 4.79 Å². The standard InChI is InChI=1S/C29H32N2O3/c32-29(25-13-7-14-26(21-25)34-22-27-15-8-20-33-27)31-18-16-30(17-19-31)28(23-9-3-1-4-10-23)24-11-5-2-6-12-24/h1-7,9-14,21,27-28H,8,15-20,22H2/t27-/m0/s1. The van der Waals surface area contributed by atoms with Gasteiger partial charge in [0.1, 0.15) is 12.4 Å². The normalized spacial score (nSPS) is 18.9. The Hall–Kier alpha value is -3.15. The van der Waals surface area contributed by atoms with Crippen LogP contribution in [0.25, 0.3) is 0 Å². The van der Waals surface area contributed by atoms with E-state index in [0.717, 1.165) is 38.3 Å². The fourth-order valence-corrected chi connectivity index (χ4v) is 4.93. The summed E-state index contributed by atoms with van der Waals surface area (Å²) in [6.07, 6.45) is 2.29. The highest BCUT2D eigenvalue weighted by Gasteiger charge is 2.28. The Kier molecular flexibility index (Phi) is 7.22. The molecule has 2 heterocycles. The Morgan fingerprint density at radius 3 is 2.18 bits per heavy atom. The van der Waals surface area contributed by atoms with E-state index >= 15 is 0 Å². The lowest BCUT2D eigenvalue weighted by molar-refractivity contribution is 0.0595. The zero-order valence-electron chi connectivity index (χ0n) is 19.5. The Labute approximate surface area is 201 Å². The molecule has 3 aromatic carbocycles. The van der Waals surface area contributed by atoms with E-state index < -0.39 is 0 Å². The van der Waals surface area contributed by atoms with Crippen molar-refractivity contribution < 1.29 is 14.3 Å². The average molecular weight is 457 g/mol. The summed E-state index contributed by atoms with van der Waals surface area (Å²) in [6, 6.07) is 29.0. The summed E-state index contributed by atoms with van der Waals surface area (Å²) in [6.45, 7) is 4.42. The van der Waals surface area contributed by atoms with E-state index in [0.29, 0.717) is 25.3 Å². The van der Waals surface area contributed by atoms with Gasteiger partial charge in [-0.3, -0.25) is 9.69 Å². The van der Waals surface area contributed by atoms with Crippen molar-refractivity contribution in [1.82, 2.24) is 9.80 Å². The van der Waals surface area contributed by atoms with Gasteiger partial charge in [0.05, 0.1) is 12.1 Å². The van der Waals surface area contributed by atoms with Crippen molar-refractivity contribution >= 4 is 5.91 Å². The summed E-state index contributed by atoms with van der Waals surface area (Å²) in [5.41, 5.74) is 3.25. The molecule has 0 bridgehead atoms. The first kappa shape index (κ1) is 22.6. The van der Waals surface area contributed by atoms with Gasteiger partial charge in [0.25, 0.3) is 5.91 Å². The molecule has 2 aliphatic heterocycles. The van der Waals surface area contributed by atoms with E-state index in [1.54, 1.807) is 0 Å². The number of benzene rings is 3. The monoisotopic (exact) mass is 456 g/mol. The highest BCUT2D eigenvalue weighted by molar-refractivity contribution is 5.94. The Morgan fingerprint density at radius 1 is 0.882 bits per heavy atom. The lowest BCUT2D eigenvalue weighted by Gasteiger charge is -2.39. The minimum atomic E-state index is 0.0678. The van der Waals surface area contributed by atoms with Crippen LogP contribution in [0.5, 0.6) is 5.75 Å². The summed E-state index contributed by atoms with van der Waals surface area (Å²) < 4.78 is 11.5. The van der Waals surface area contributed by atoms with E-state index in [1.165, 1.54) is 11.1 Å². The molecule has 0 aliphatic carbocycles. The highest BCUT2D eigenvalue weighted by atomic mass is 16.5. The first-order valence-corrected chi connectivity index (χ1v) is 12.3. The molecule has 1 atom stereocenters.